The summed E-state index contributed by atoms with van der Waals surface area (Å²) >= 11 is 0. The first kappa shape index (κ1) is 24.8. The number of likely N-dealkylation sites (N-methyl/N-ethyl adjacent to an activating group) is 1. The molecule has 2 aromatic heterocycles. The lowest BCUT2D eigenvalue weighted by atomic mass is 9.98. The lowest BCUT2D eigenvalue weighted by Crippen LogP contribution is -2.44. The molecule has 8 nitrogen and oxygen atoms in total. The van der Waals surface area contributed by atoms with E-state index in [0.717, 1.165) is 31.6 Å². The highest BCUT2D eigenvalue weighted by atomic mass is 19.1. The van der Waals surface area contributed by atoms with Gasteiger partial charge in [0.2, 0.25) is 0 Å². The van der Waals surface area contributed by atoms with Crippen molar-refractivity contribution in [3.63, 3.8) is 0 Å². The third-order valence-corrected chi connectivity index (χ3v) is 6.91. The van der Waals surface area contributed by atoms with Crippen LogP contribution in [0.2, 0.25) is 0 Å². The molecular weight excluding hydrogens is 478 g/mol. The first-order chi connectivity index (χ1) is 17.9. The Labute approximate surface area is 213 Å². The fourth-order valence-electron chi connectivity index (χ4n) is 5.04. The van der Waals surface area contributed by atoms with Gasteiger partial charge in [-0.1, -0.05) is 6.07 Å². The van der Waals surface area contributed by atoms with Crippen LogP contribution in [0, 0.1) is 11.6 Å². The Bertz CT molecular complexity index is 1470. The molecule has 1 saturated heterocycles. The Morgan fingerprint density at radius 3 is 2.86 bits per heavy atom. The van der Waals surface area contributed by atoms with Crippen molar-refractivity contribution >= 4 is 22.4 Å². The number of halogens is 2. The van der Waals surface area contributed by atoms with Crippen molar-refractivity contribution in [2.75, 3.05) is 32.1 Å². The molecule has 0 bridgehead atoms. The summed E-state index contributed by atoms with van der Waals surface area (Å²) in [5.41, 5.74) is 1.89. The molecule has 2 aromatic carbocycles. The number of methoxy groups -OCH3 is 1. The van der Waals surface area contributed by atoms with Crippen molar-refractivity contribution in [2.45, 2.75) is 25.3 Å². The zero-order chi connectivity index (χ0) is 26.1. The third kappa shape index (κ3) is 4.64. The number of aryl methyl sites for hydroxylation is 1. The maximum Gasteiger partial charge on any atom is 0.185 e. The van der Waals surface area contributed by atoms with Gasteiger partial charge in [0, 0.05) is 44.7 Å². The Morgan fingerprint density at radius 2 is 2.11 bits per heavy atom. The Morgan fingerprint density at radius 1 is 1.27 bits per heavy atom. The van der Waals surface area contributed by atoms with E-state index in [4.69, 9.17) is 4.74 Å². The quantitative estimate of drug-likeness (QED) is 0.380. The molecule has 0 amide bonds. The summed E-state index contributed by atoms with van der Waals surface area (Å²) in [7, 11) is 5.09. The van der Waals surface area contributed by atoms with E-state index in [1.165, 1.54) is 42.3 Å². The molecule has 0 spiro atoms. The number of anilines is 1. The number of ether oxygens (including phenoxy) is 1. The van der Waals surface area contributed by atoms with Crippen LogP contribution in [-0.2, 0) is 13.5 Å². The number of piperidine rings is 1. The average molecular weight is 507 g/mol. The van der Waals surface area contributed by atoms with Crippen LogP contribution in [0.3, 0.4) is 0 Å². The summed E-state index contributed by atoms with van der Waals surface area (Å²) in [6, 6.07) is 7.48. The van der Waals surface area contributed by atoms with Crippen molar-refractivity contribution in [3.8, 4) is 17.1 Å². The number of aromatic nitrogens is 4. The molecule has 1 aliphatic rings. The van der Waals surface area contributed by atoms with Crippen molar-refractivity contribution in [2.24, 2.45) is 7.05 Å². The maximum absolute atomic E-state index is 15.2. The van der Waals surface area contributed by atoms with E-state index in [9.17, 15) is 9.18 Å². The largest absolute Gasteiger partial charge is 0.496 e. The predicted molar refractivity (Wildman–Crippen MR) is 137 cm³/mol. The number of hydrogen-bond donors (Lipinski definition) is 1. The molecule has 1 aliphatic heterocycles. The second-order valence-electron chi connectivity index (χ2n) is 9.19. The van der Waals surface area contributed by atoms with E-state index >= 15 is 4.39 Å². The summed E-state index contributed by atoms with van der Waals surface area (Å²) < 4.78 is 36.6. The van der Waals surface area contributed by atoms with Gasteiger partial charge in [-0.3, -0.25) is 9.48 Å². The van der Waals surface area contributed by atoms with Gasteiger partial charge >= 0.3 is 0 Å². The number of nitrogens with zero attached hydrogens (tertiary/aromatic N) is 5. The van der Waals surface area contributed by atoms with Crippen LogP contribution >= 0.6 is 0 Å². The highest BCUT2D eigenvalue weighted by molar-refractivity contribution is 6.00. The third-order valence-electron chi connectivity index (χ3n) is 6.91. The number of ketones is 1. The summed E-state index contributed by atoms with van der Waals surface area (Å²) in [5, 5.41) is 8.34. The minimum absolute atomic E-state index is 0.0420. The number of fused-ring (bicyclic) bond motifs is 1. The first-order valence-corrected chi connectivity index (χ1v) is 12.1. The molecule has 192 valence electrons. The fraction of sp³-hybridized carbons (Fsp3) is 0.333. The van der Waals surface area contributed by atoms with Gasteiger partial charge in [0.1, 0.15) is 28.6 Å². The minimum Gasteiger partial charge on any atom is -0.496 e. The monoisotopic (exact) mass is 506 g/mol. The second kappa shape index (κ2) is 10.2. The molecular formula is C27H28F2N6O2. The molecule has 1 fully saturated rings. The van der Waals surface area contributed by atoms with E-state index in [0.29, 0.717) is 16.5 Å². The number of rotatable bonds is 7. The van der Waals surface area contributed by atoms with Gasteiger partial charge in [0.05, 0.1) is 24.6 Å². The summed E-state index contributed by atoms with van der Waals surface area (Å²) in [6.45, 7) is 1.76. The smallest absolute Gasteiger partial charge is 0.185 e. The molecule has 3 heterocycles. The number of carbonyl (C=O) groups is 1. The lowest BCUT2D eigenvalue weighted by molar-refractivity contribution is 0.0988. The standard InChI is InChI=1S/C27H28F2N6O2/c1-34(17-6-5-10-30-14-17)25-16(12-20(29)26-18(25)15-32-35(26)2)13-22(36)21-9-11-31-27(33-21)24-19(28)7-4-8-23(24)37-3/h4,7-9,11-12,15,17,30H,5-6,10,13-14H2,1-3H3/t17-/m1/s1. The van der Waals surface area contributed by atoms with E-state index in [-0.39, 0.29) is 41.1 Å². The van der Waals surface area contributed by atoms with Crippen molar-refractivity contribution in [1.29, 1.82) is 0 Å². The maximum atomic E-state index is 15.2. The number of nitrogens with one attached hydrogen (secondary N) is 1. The Kier molecular flexibility index (Phi) is 6.84. The van der Waals surface area contributed by atoms with Crippen molar-refractivity contribution in [3.05, 3.63) is 65.6 Å². The van der Waals surface area contributed by atoms with Crippen LogP contribution < -0.4 is 15.0 Å². The molecule has 0 aliphatic carbocycles. The van der Waals surface area contributed by atoms with Crippen LogP contribution in [0.15, 0.2) is 42.7 Å². The van der Waals surface area contributed by atoms with Gasteiger partial charge < -0.3 is 15.0 Å². The Balaban J connectivity index is 1.54. The summed E-state index contributed by atoms with van der Waals surface area (Å²) in [6.07, 6.45) is 4.97. The van der Waals surface area contributed by atoms with Gasteiger partial charge in [-0.2, -0.15) is 5.10 Å². The van der Waals surface area contributed by atoms with Gasteiger partial charge in [-0.05, 0) is 49.2 Å². The first-order valence-electron chi connectivity index (χ1n) is 12.1. The number of benzene rings is 2. The highest BCUT2D eigenvalue weighted by Gasteiger charge is 2.26. The normalized spacial score (nSPS) is 15.6. The zero-order valence-electron chi connectivity index (χ0n) is 21.0. The zero-order valence-corrected chi connectivity index (χ0v) is 21.0. The van der Waals surface area contributed by atoms with Gasteiger partial charge in [0.15, 0.2) is 11.6 Å². The van der Waals surface area contributed by atoms with Crippen LogP contribution in [0.5, 0.6) is 5.75 Å². The molecule has 0 unspecified atom stereocenters. The fourth-order valence-corrected chi connectivity index (χ4v) is 5.04. The van der Waals surface area contributed by atoms with Crippen molar-refractivity contribution in [1.82, 2.24) is 25.1 Å². The predicted octanol–water partition coefficient (Wildman–Crippen LogP) is 3.93. The van der Waals surface area contributed by atoms with Gasteiger partial charge in [-0.25, -0.2) is 18.7 Å². The molecule has 0 radical (unpaired) electrons. The molecule has 1 atom stereocenters. The number of hydrogen-bond acceptors (Lipinski definition) is 7. The molecule has 0 saturated carbocycles. The lowest BCUT2D eigenvalue weighted by Gasteiger charge is -2.35. The van der Waals surface area contributed by atoms with E-state index < -0.39 is 11.6 Å². The van der Waals surface area contributed by atoms with Crippen LogP contribution in [-0.4, -0.2) is 58.8 Å². The minimum atomic E-state index is -0.557. The van der Waals surface area contributed by atoms with Gasteiger partial charge in [0.25, 0.3) is 0 Å². The molecule has 5 rings (SSSR count). The topological polar surface area (TPSA) is 85.2 Å². The van der Waals surface area contributed by atoms with Crippen LogP contribution in [0.1, 0.15) is 28.9 Å². The van der Waals surface area contributed by atoms with E-state index in [1.54, 1.807) is 19.3 Å². The second-order valence-corrected chi connectivity index (χ2v) is 9.19. The molecule has 1 N–H and O–H groups in total. The Hall–Kier alpha value is -3.92. The van der Waals surface area contributed by atoms with Crippen molar-refractivity contribution < 1.29 is 18.3 Å². The van der Waals surface area contributed by atoms with E-state index in [1.807, 2.05) is 7.05 Å². The van der Waals surface area contributed by atoms with Crippen LogP contribution in [0.25, 0.3) is 22.3 Å². The number of carbonyl (C=O) groups excluding carboxylic acids is 1. The highest BCUT2D eigenvalue weighted by Crippen LogP contribution is 2.35. The average Bonchev–Trinajstić information content (AvgIpc) is 3.30. The summed E-state index contributed by atoms with van der Waals surface area (Å²) in [4.78, 5) is 24.1. The molecule has 10 heteroatoms. The SMILES string of the molecule is COc1cccc(F)c1-c1nccc(C(=O)Cc2cc(F)c3c(cnn3C)c2N(C)[C@@H]2CCCNC2)n1. The molecule has 4 aromatic rings. The van der Waals surface area contributed by atoms with Gasteiger partial charge in [-0.15, -0.1) is 0 Å². The van der Waals surface area contributed by atoms with E-state index in [2.05, 4.69) is 25.3 Å². The van der Waals surface area contributed by atoms with Crippen LogP contribution in [0.4, 0.5) is 14.5 Å². The summed E-state index contributed by atoms with van der Waals surface area (Å²) in [5.74, 6) is -1.04. The molecule has 37 heavy (non-hydrogen) atoms. The number of Topliss-reactive ketones (excluding diaryl/α,β-unsaturated/α-hetero) is 1.